The number of guanidine groups is 1. The number of amides is 1. The number of ether oxygens (including phenoxy) is 1. The molecular formula is C15H21Cl2N5O2. The van der Waals surface area contributed by atoms with Crippen molar-refractivity contribution in [3.05, 3.63) is 28.9 Å². The Labute approximate surface area is 151 Å². The summed E-state index contributed by atoms with van der Waals surface area (Å²) in [5.41, 5.74) is 6.47. The second kappa shape index (κ2) is 8.77. The number of likely N-dealkylation sites (N-methyl/N-ethyl adjacent to an activating group) is 1. The van der Waals surface area contributed by atoms with Crippen molar-refractivity contribution in [2.24, 2.45) is 10.7 Å². The molecule has 1 heterocycles. The standard InChI is InChI=1S/C15H20ClN5O2.ClH/c1-18-15(17)20-14(22)11-8-9-10(16)4-5-12(13(9)19-11)23-7-6-21(2)3;/h4-5,8,19H,6-7H2,1-3H3,(H3,17,18,20,22);1H. The van der Waals surface area contributed by atoms with Gasteiger partial charge in [0.1, 0.15) is 18.1 Å². The van der Waals surface area contributed by atoms with Crippen molar-refractivity contribution in [2.75, 3.05) is 34.3 Å². The molecule has 0 aliphatic rings. The van der Waals surface area contributed by atoms with Crippen LogP contribution in [0.25, 0.3) is 10.9 Å². The maximum absolute atomic E-state index is 12.1. The van der Waals surface area contributed by atoms with Crippen molar-refractivity contribution in [3.8, 4) is 5.75 Å². The summed E-state index contributed by atoms with van der Waals surface area (Å²) in [5, 5.41) is 3.83. The quantitative estimate of drug-likeness (QED) is 0.549. The lowest BCUT2D eigenvalue weighted by atomic mass is 10.2. The van der Waals surface area contributed by atoms with E-state index >= 15 is 0 Å². The average Bonchev–Trinajstić information content (AvgIpc) is 2.95. The van der Waals surface area contributed by atoms with Gasteiger partial charge in [-0.1, -0.05) is 11.6 Å². The Balaban J connectivity index is 0.00000288. The number of aromatic amines is 1. The highest BCUT2D eigenvalue weighted by molar-refractivity contribution is 6.35. The number of aromatic nitrogens is 1. The minimum Gasteiger partial charge on any atom is -0.490 e. The number of hydrogen-bond donors (Lipinski definition) is 3. The molecule has 1 aromatic carbocycles. The molecule has 1 aromatic heterocycles. The predicted octanol–water partition coefficient (Wildman–Crippen LogP) is 1.86. The number of nitrogens with one attached hydrogen (secondary N) is 2. The Morgan fingerprint density at radius 2 is 2.17 bits per heavy atom. The molecule has 0 fully saturated rings. The maximum atomic E-state index is 12.1. The van der Waals surface area contributed by atoms with E-state index in [-0.39, 0.29) is 18.4 Å². The van der Waals surface area contributed by atoms with Gasteiger partial charge in [0.25, 0.3) is 5.91 Å². The summed E-state index contributed by atoms with van der Waals surface area (Å²) in [4.78, 5) is 20.8. The highest BCUT2D eigenvalue weighted by Gasteiger charge is 2.14. The van der Waals surface area contributed by atoms with E-state index in [0.29, 0.717) is 34.0 Å². The predicted molar refractivity (Wildman–Crippen MR) is 99.6 cm³/mol. The monoisotopic (exact) mass is 373 g/mol. The number of H-pyrrole nitrogens is 1. The molecule has 0 bridgehead atoms. The SMILES string of the molecule is CNC(N)=NC(=O)c1cc2c(Cl)ccc(OCCN(C)C)c2[nH]1.Cl. The summed E-state index contributed by atoms with van der Waals surface area (Å²) >= 11 is 6.20. The number of aliphatic imine (C=N–C) groups is 1. The topological polar surface area (TPSA) is 95.7 Å². The molecule has 0 aliphatic heterocycles. The fourth-order valence-corrected chi connectivity index (χ4v) is 2.17. The molecule has 7 nitrogen and oxygen atoms in total. The molecule has 2 rings (SSSR count). The van der Waals surface area contributed by atoms with Gasteiger partial charge >= 0.3 is 0 Å². The van der Waals surface area contributed by atoms with Crippen molar-refractivity contribution >= 4 is 46.8 Å². The zero-order valence-electron chi connectivity index (χ0n) is 13.7. The van der Waals surface area contributed by atoms with Crippen LogP contribution in [0, 0.1) is 0 Å². The summed E-state index contributed by atoms with van der Waals surface area (Å²) in [6, 6.07) is 5.16. The number of rotatable bonds is 5. The molecule has 0 spiro atoms. The summed E-state index contributed by atoms with van der Waals surface area (Å²) in [6.07, 6.45) is 0. The normalized spacial score (nSPS) is 11.5. The number of halogens is 2. The van der Waals surface area contributed by atoms with E-state index in [0.717, 1.165) is 6.54 Å². The largest absolute Gasteiger partial charge is 0.490 e. The first-order valence-corrected chi connectivity index (χ1v) is 7.45. The van der Waals surface area contributed by atoms with Crippen LogP contribution < -0.4 is 15.8 Å². The first kappa shape index (κ1) is 20.1. The molecule has 4 N–H and O–H groups in total. The van der Waals surface area contributed by atoms with Crippen LogP contribution in [0.3, 0.4) is 0 Å². The molecule has 0 atom stereocenters. The maximum Gasteiger partial charge on any atom is 0.296 e. The van der Waals surface area contributed by atoms with Crippen LogP contribution in [0.2, 0.25) is 5.02 Å². The number of carbonyl (C=O) groups is 1. The zero-order chi connectivity index (χ0) is 17.0. The van der Waals surface area contributed by atoms with Crippen LogP contribution >= 0.6 is 24.0 Å². The van der Waals surface area contributed by atoms with Gasteiger partial charge in [0.15, 0.2) is 5.96 Å². The minimum atomic E-state index is -0.483. The lowest BCUT2D eigenvalue weighted by Crippen LogP contribution is -2.28. The van der Waals surface area contributed by atoms with E-state index in [9.17, 15) is 4.79 Å². The van der Waals surface area contributed by atoms with E-state index in [1.54, 1.807) is 25.2 Å². The van der Waals surface area contributed by atoms with Gasteiger partial charge in [-0.15, -0.1) is 12.4 Å². The van der Waals surface area contributed by atoms with E-state index in [2.05, 4.69) is 15.3 Å². The second-order valence-corrected chi connectivity index (χ2v) is 5.63. The molecule has 24 heavy (non-hydrogen) atoms. The number of benzene rings is 1. The lowest BCUT2D eigenvalue weighted by molar-refractivity contribution is 0.0998. The molecule has 2 aromatic rings. The molecule has 0 saturated heterocycles. The van der Waals surface area contributed by atoms with Gasteiger partial charge in [0, 0.05) is 19.0 Å². The van der Waals surface area contributed by atoms with Gasteiger partial charge in [-0.25, -0.2) is 0 Å². The number of hydrogen-bond acceptors (Lipinski definition) is 3. The fourth-order valence-electron chi connectivity index (χ4n) is 1.96. The van der Waals surface area contributed by atoms with Crippen molar-refractivity contribution in [1.82, 2.24) is 15.2 Å². The first-order valence-electron chi connectivity index (χ1n) is 7.07. The number of nitrogens with two attached hydrogens (primary N) is 1. The van der Waals surface area contributed by atoms with E-state index in [1.165, 1.54) is 0 Å². The van der Waals surface area contributed by atoms with Crippen molar-refractivity contribution in [1.29, 1.82) is 0 Å². The molecule has 0 saturated carbocycles. The highest BCUT2D eigenvalue weighted by Crippen LogP contribution is 2.32. The number of nitrogens with zero attached hydrogens (tertiary/aromatic N) is 2. The third kappa shape index (κ3) is 4.77. The summed E-state index contributed by atoms with van der Waals surface area (Å²) in [5.74, 6) is 0.196. The Morgan fingerprint density at radius 3 is 2.79 bits per heavy atom. The Bertz CT molecular complexity index is 743. The molecule has 0 radical (unpaired) electrons. The molecule has 0 aliphatic carbocycles. The third-order valence-corrected chi connectivity index (χ3v) is 3.54. The third-order valence-electron chi connectivity index (χ3n) is 3.21. The Kier molecular flexibility index (Phi) is 7.34. The Hall–Kier alpha value is -1.96. The second-order valence-electron chi connectivity index (χ2n) is 5.22. The molecular weight excluding hydrogens is 353 g/mol. The molecule has 9 heteroatoms. The van der Waals surface area contributed by atoms with Crippen LogP contribution in [-0.4, -0.2) is 56.0 Å². The fraction of sp³-hybridized carbons (Fsp3) is 0.333. The Morgan fingerprint density at radius 1 is 1.46 bits per heavy atom. The number of carbonyl (C=O) groups excluding carboxylic acids is 1. The van der Waals surface area contributed by atoms with E-state index in [4.69, 9.17) is 22.1 Å². The zero-order valence-corrected chi connectivity index (χ0v) is 15.3. The van der Waals surface area contributed by atoms with Crippen LogP contribution in [0.1, 0.15) is 10.5 Å². The van der Waals surface area contributed by atoms with Crippen molar-refractivity contribution < 1.29 is 9.53 Å². The van der Waals surface area contributed by atoms with Crippen LogP contribution in [0.15, 0.2) is 23.2 Å². The summed E-state index contributed by atoms with van der Waals surface area (Å²) in [7, 11) is 5.53. The molecule has 1 amide bonds. The average molecular weight is 374 g/mol. The first-order chi connectivity index (χ1) is 10.9. The lowest BCUT2D eigenvalue weighted by Gasteiger charge is -2.11. The van der Waals surface area contributed by atoms with E-state index in [1.807, 2.05) is 19.0 Å². The molecule has 0 unspecified atom stereocenters. The van der Waals surface area contributed by atoms with Gasteiger partial charge in [-0.3, -0.25) is 4.79 Å². The van der Waals surface area contributed by atoms with Crippen molar-refractivity contribution in [3.63, 3.8) is 0 Å². The summed E-state index contributed by atoms with van der Waals surface area (Å²) in [6.45, 7) is 1.30. The van der Waals surface area contributed by atoms with Crippen molar-refractivity contribution in [2.45, 2.75) is 0 Å². The smallest absolute Gasteiger partial charge is 0.296 e. The van der Waals surface area contributed by atoms with Gasteiger partial charge in [-0.2, -0.15) is 4.99 Å². The van der Waals surface area contributed by atoms with Crippen LogP contribution in [0.4, 0.5) is 0 Å². The molecule has 132 valence electrons. The highest BCUT2D eigenvalue weighted by atomic mass is 35.5. The number of fused-ring (bicyclic) bond motifs is 1. The van der Waals surface area contributed by atoms with E-state index < -0.39 is 5.91 Å². The van der Waals surface area contributed by atoms with Crippen LogP contribution in [-0.2, 0) is 0 Å². The summed E-state index contributed by atoms with van der Waals surface area (Å²) < 4.78 is 5.76. The van der Waals surface area contributed by atoms with Gasteiger partial charge in [0.05, 0.1) is 10.5 Å². The van der Waals surface area contributed by atoms with Gasteiger partial charge in [-0.05, 0) is 32.3 Å². The van der Waals surface area contributed by atoms with Gasteiger partial charge in [0.2, 0.25) is 0 Å². The van der Waals surface area contributed by atoms with Crippen LogP contribution in [0.5, 0.6) is 5.75 Å². The van der Waals surface area contributed by atoms with Gasteiger partial charge < -0.3 is 25.7 Å². The minimum absolute atomic E-state index is 0.